The van der Waals surface area contributed by atoms with Crippen LogP contribution in [-0.2, 0) is 0 Å². The fourth-order valence-corrected chi connectivity index (χ4v) is 3.88. The van der Waals surface area contributed by atoms with E-state index < -0.39 is 0 Å². The first-order valence-corrected chi connectivity index (χ1v) is 8.56. The van der Waals surface area contributed by atoms with Gasteiger partial charge >= 0.3 is 0 Å². The molecule has 2 atom stereocenters. The number of fused-ring (bicyclic) bond motifs is 2. The minimum absolute atomic E-state index is 0.132. The maximum Gasteiger partial charge on any atom is 0.261 e. The molecule has 1 aromatic carbocycles. The number of carbonyl (C=O) groups excluding carboxylic acids is 1. The molecule has 2 aromatic rings. The van der Waals surface area contributed by atoms with Crippen molar-refractivity contribution in [3.63, 3.8) is 0 Å². The molecule has 0 radical (unpaired) electrons. The van der Waals surface area contributed by atoms with Crippen LogP contribution in [0.5, 0.6) is 0 Å². The third-order valence-corrected chi connectivity index (χ3v) is 5.11. The van der Waals surface area contributed by atoms with Crippen LogP contribution in [0.3, 0.4) is 0 Å². The van der Waals surface area contributed by atoms with Gasteiger partial charge < -0.3 is 15.2 Å². The van der Waals surface area contributed by atoms with Crippen LogP contribution in [0, 0.1) is 0 Å². The van der Waals surface area contributed by atoms with Crippen LogP contribution >= 0.6 is 0 Å². The lowest BCUT2D eigenvalue weighted by molar-refractivity contribution is 0.0678. The first-order chi connectivity index (χ1) is 11.7. The van der Waals surface area contributed by atoms with Crippen molar-refractivity contribution in [2.24, 2.45) is 0 Å². The summed E-state index contributed by atoms with van der Waals surface area (Å²) in [6, 6.07) is 13.6. The molecule has 24 heavy (non-hydrogen) atoms. The number of rotatable bonds is 2. The molecule has 0 saturated carbocycles. The minimum Gasteiger partial charge on any atom is -0.331 e. The summed E-state index contributed by atoms with van der Waals surface area (Å²) in [5.74, 6) is -0.132. The summed E-state index contributed by atoms with van der Waals surface area (Å²) < 4.78 is 0. The summed E-state index contributed by atoms with van der Waals surface area (Å²) >= 11 is 0. The van der Waals surface area contributed by atoms with Gasteiger partial charge in [-0.2, -0.15) is 0 Å². The predicted octanol–water partition coefficient (Wildman–Crippen LogP) is 2.01. The van der Waals surface area contributed by atoms with Gasteiger partial charge in [0.1, 0.15) is 5.56 Å². The third-order valence-electron chi connectivity index (χ3n) is 5.11. The van der Waals surface area contributed by atoms with Gasteiger partial charge in [0.15, 0.2) is 0 Å². The number of nitrogens with zero attached hydrogens (tertiary/aromatic N) is 1. The van der Waals surface area contributed by atoms with E-state index in [1.807, 2.05) is 41.3 Å². The predicted molar refractivity (Wildman–Crippen MR) is 93.0 cm³/mol. The van der Waals surface area contributed by atoms with Gasteiger partial charge in [0.25, 0.3) is 11.5 Å². The fourth-order valence-electron chi connectivity index (χ4n) is 3.88. The summed E-state index contributed by atoms with van der Waals surface area (Å²) in [5.41, 5.74) is 1.61. The highest BCUT2D eigenvalue weighted by atomic mass is 16.2. The van der Waals surface area contributed by atoms with Crippen LogP contribution in [0.4, 0.5) is 0 Å². The Morgan fingerprint density at radius 3 is 2.58 bits per heavy atom. The molecule has 5 nitrogen and oxygen atoms in total. The second kappa shape index (κ2) is 6.24. The molecule has 2 bridgehead atoms. The molecule has 1 amide bonds. The smallest absolute Gasteiger partial charge is 0.261 e. The lowest BCUT2D eigenvalue weighted by Crippen LogP contribution is -2.44. The zero-order chi connectivity index (χ0) is 16.5. The van der Waals surface area contributed by atoms with Crippen molar-refractivity contribution in [3.05, 3.63) is 58.4 Å². The van der Waals surface area contributed by atoms with E-state index in [1.165, 1.54) is 0 Å². The number of hydrogen-bond acceptors (Lipinski definition) is 3. The first kappa shape index (κ1) is 15.1. The number of nitrogens with one attached hydrogen (secondary N) is 2. The summed E-state index contributed by atoms with van der Waals surface area (Å²) in [4.78, 5) is 30.3. The van der Waals surface area contributed by atoms with E-state index in [1.54, 1.807) is 6.07 Å². The van der Waals surface area contributed by atoms with Crippen LogP contribution in [0.25, 0.3) is 11.3 Å². The van der Waals surface area contributed by atoms with E-state index in [9.17, 15) is 9.59 Å². The number of pyridine rings is 1. The van der Waals surface area contributed by atoms with E-state index in [2.05, 4.69) is 10.3 Å². The van der Waals surface area contributed by atoms with Crippen LogP contribution in [0.1, 0.15) is 29.6 Å². The van der Waals surface area contributed by atoms with Gasteiger partial charge in [0.2, 0.25) is 0 Å². The molecule has 4 rings (SSSR count). The first-order valence-electron chi connectivity index (χ1n) is 8.56. The standard InChI is InChI=1S/C19H21N3O2/c23-18-16(8-9-17(21-18)13-4-2-1-3-5-13)19(24)22-14-6-7-15(22)12-20-11-10-14/h1-5,8-9,14-15,20H,6-7,10-12H2,(H,21,23). The van der Waals surface area contributed by atoms with Gasteiger partial charge in [-0.25, -0.2) is 0 Å². The van der Waals surface area contributed by atoms with Crippen LogP contribution in [-0.4, -0.2) is 41.0 Å². The van der Waals surface area contributed by atoms with Gasteiger partial charge in [-0.15, -0.1) is 0 Å². The monoisotopic (exact) mass is 323 g/mol. The number of aromatic nitrogens is 1. The van der Waals surface area contributed by atoms with Crippen molar-refractivity contribution >= 4 is 5.91 Å². The Morgan fingerprint density at radius 2 is 1.79 bits per heavy atom. The molecule has 2 aliphatic rings. The number of amides is 1. The summed E-state index contributed by atoms with van der Waals surface area (Å²) in [6.45, 7) is 1.76. The molecule has 2 unspecified atom stereocenters. The molecule has 2 fully saturated rings. The third kappa shape index (κ3) is 2.65. The van der Waals surface area contributed by atoms with Crippen LogP contribution < -0.4 is 10.9 Å². The molecule has 2 saturated heterocycles. The molecule has 2 aliphatic heterocycles. The summed E-state index contributed by atoms with van der Waals surface area (Å²) in [6.07, 6.45) is 3.02. The highest BCUT2D eigenvalue weighted by molar-refractivity contribution is 5.94. The molecule has 0 aliphatic carbocycles. The Bertz CT molecular complexity index is 786. The Hall–Kier alpha value is -2.40. The van der Waals surface area contributed by atoms with Crippen molar-refractivity contribution in [1.82, 2.24) is 15.2 Å². The highest BCUT2D eigenvalue weighted by Gasteiger charge is 2.38. The second-order valence-corrected chi connectivity index (χ2v) is 6.57. The molecule has 1 aromatic heterocycles. The quantitative estimate of drug-likeness (QED) is 0.888. The molecule has 5 heteroatoms. The molecule has 124 valence electrons. The van der Waals surface area contributed by atoms with Crippen molar-refractivity contribution < 1.29 is 4.79 Å². The zero-order valence-corrected chi connectivity index (χ0v) is 13.5. The van der Waals surface area contributed by atoms with Gasteiger partial charge in [-0.3, -0.25) is 9.59 Å². The van der Waals surface area contributed by atoms with Crippen molar-refractivity contribution in [1.29, 1.82) is 0 Å². The number of aromatic amines is 1. The van der Waals surface area contributed by atoms with Crippen molar-refractivity contribution in [2.75, 3.05) is 13.1 Å². The number of benzene rings is 1. The SMILES string of the molecule is O=C(c1ccc(-c2ccccc2)[nH]c1=O)N1C2CCNCC1CC2. The molecule has 3 heterocycles. The summed E-state index contributed by atoms with van der Waals surface area (Å²) in [7, 11) is 0. The van der Waals surface area contributed by atoms with E-state index in [0.717, 1.165) is 43.6 Å². The van der Waals surface area contributed by atoms with Gasteiger partial charge in [-0.1, -0.05) is 30.3 Å². The minimum atomic E-state index is -0.307. The largest absolute Gasteiger partial charge is 0.331 e. The Kier molecular flexibility index (Phi) is 3.94. The molecule has 0 spiro atoms. The van der Waals surface area contributed by atoms with Crippen molar-refractivity contribution in [2.45, 2.75) is 31.3 Å². The normalized spacial score (nSPS) is 23.1. The van der Waals surface area contributed by atoms with Gasteiger partial charge in [0.05, 0.1) is 0 Å². The molecular formula is C19H21N3O2. The highest BCUT2D eigenvalue weighted by Crippen LogP contribution is 2.29. The van der Waals surface area contributed by atoms with E-state index >= 15 is 0 Å². The average Bonchev–Trinajstić information content (AvgIpc) is 2.88. The number of carbonyl (C=O) groups is 1. The number of H-pyrrole nitrogens is 1. The Balaban J connectivity index is 1.65. The van der Waals surface area contributed by atoms with Crippen LogP contribution in [0.15, 0.2) is 47.3 Å². The topological polar surface area (TPSA) is 65.2 Å². The molecular weight excluding hydrogens is 302 g/mol. The summed E-state index contributed by atoms with van der Waals surface area (Å²) in [5, 5.41) is 3.38. The average molecular weight is 323 g/mol. The van der Waals surface area contributed by atoms with E-state index in [-0.39, 0.29) is 29.1 Å². The lowest BCUT2D eigenvalue weighted by atomic mass is 10.1. The zero-order valence-electron chi connectivity index (χ0n) is 13.5. The number of hydrogen-bond donors (Lipinski definition) is 2. The maximum absolute atomic E-state index is 13.0. The van der Waals surface area contributed by atoms with Gasteiger partial charge in [0, 0.05) is 24.3 Å². The second-order valence-electron chi connectivity index (χ2n) is 6.57. The van der Waals surface area contributed by atoms with Crippen LogP contribution in [0.2, 0.25) is 0 Å². The fraction of sp³-hybridized carbons (Fsp3) is 0.368. The Labute approximate surface area is 140 Å². The lowest BCUT2D eigenvalue weighted by Gasteiger charge is -2.27. The van der Waals surface area contributed by atoms with Crippen molar-refractivity contribution in [3.8, 4) is 11.3 Å². The Morgan fingerprint density at radius 1 is 1.00 bits per heavy atom. The maximum atomic E-state index is 13.0. The van der Waals surface area contributed by atoms with Gasteiger partial charge in [-0.05, 0) is 43.5 Å². The molecule has 2 N–H and O–H groups in total. The van der Waals surface area contributed by atoms with E-state index in [0.29, 0.717) is 0 Å². The van der Waals surface area contributed by atoms with E-state index in [4.69, 9.17) is 0 Å².